The first kappa shape index (κ1) is 16.7. The van der Waals surface area contributed by atoms with Crippen LogP contribution in [-0.4, -0.2) is 55.3 Å². The molecule has 1 aromatic rings. The van der Waals surface area contributed by atoms with E-state index in [0.717, 1.165) is 39.1 Å². The van der Waals surface area contributed by atoms with Crippen LogP contribution in [-0.2, 0) is 11.8 Å². The molecule has 1 fully saturated rings. The van der Waals surface area contributed by atoms with Crippen LogP contribution in [0.2, 0.25) is 0 Å². The maximum Gasteiger partial charge on any atom is 0.263 e. The number of rotatable bonds is 6. The Labute approximate surface area is 131 Å². The summed E-state index contributed by atoms with van der Waals surface area (Å²) in [6.45, 7) is 4.44. The standard InChI is InChI=1S/C16H25N3O3/c1-18-7-3-4-14(16(18)21)15(20)17-12-13-5-8-19(9-6-13)10-11-22-2/h3-4,7,13H,5-6,8-12H2,1-2H3,(H,17,20). The fourth-order valence-electron chi connectivity index (χ4n) is 2.74. The third kappa shape index (κ3) is 4.42. The molecule has 1 aliphatic rings. The molecule has 122 valence electrons. The number of hydrogen-bond acceptors (Lipinski definition) is 4. The maximum atomic E-state index is 12.1. The lowest BCUT2D eigenvalue weighted by molar-refractivity contribution is 0.0924. The number of hydrogen-bond donors (Lipinski definition) is 1. The molecule has 0 bridgehead atoms. The second-order valence-corrected chi connectivity index (χ2v) is 5.83. The van der Waals surface area contributed by atoms with Crippen molar-refractivity contribution in [1.29, 1.82) is 0 Å². The van der Waals surface area contributed by atoms with E-state index in [2.05, 4.69) is 10.2 Å². The van der Waals surface area contributed by atoms with Crippen LogP contribution in [0, 0.1) is 5.92 Å². The molecule has 1 saturated heterocycles. The summed E-state index contributed by atoms with van der Waals surface area (Å²) in [7, 11) is 3.37. The first-order valence-electron chi connectivity index (χ1n) is 7.77. The van der Waals surface area contributed by atoms with Gasteiger partial charge in [-0.15, -0.1) is 0 Å². The normalized spacial score (nSPS) is 16.6. The minimum atomic E-state index is -0.275. The molecule has 1 aromatic heterocycles. The number of ether oxygens (including phenoxy) is 1. The predicted molar refractivity (Wildman–Crippen MR) is 85.1 cm³/mol. The highest BCUT2D eigenvalue weighted by molar-refractivity contribution is 5.93. The molecule has 0 spiro atoms. The second-order valence-electron chi connectivity index (χ2n) is 5.83. The second kappa shape index (κ2) is 8.10. The van der Waals surface area contributed by atoms with E-state index in [1.807, 2.05) is 0 Å². The zero-order valence-corrected chi connectivity index (χ0v) is 13.4. The van der Waals surface area contributed by atoms with Gasteiger partial charge in [-0.1, -0.05) is 0 Å². The van der Waals surface area contributed by atoms with Crippen molar-refractivity contribution in [2.45, 2.75) is 12.8 Å². The molecule has 0 aliphatic carbocycles. The molecule has 1 N–H and O–H groups in total. The number of methoxy groups -OCH3 is 1. The monoisotopic (exact) mass is 307 g/mol. The smallest absolute Gasteiger partial charge is 0.263 e. The topological polar surface area (TPSA) is 63.6 Å². The fourth-order valence-corrected chi connectivity index (χ4v) is 2.74. The highest BCUT2D eigenvalue weighted by atomic mass is 16.5. The van der Waals surface area contributed by atoms with Crippen LogP contribution >= 0.6 is 0 Å². The van der Waals surface area contributed by atoms with Gasteiger partial charge in [-0.2, -0.15) is 0 Å². The Kier molecular flexibility index (Phi) is 6.15. The summed E-state index contributed by atoms with van der Waals surface area (Å²) in [6.07, 6.45) is 3.78. The zero-order chi connectivity index (χ0) is 15.9. The quantitative estimate of drug-likeness (QED) is 0.830. The van der Waals surface area contributed by atoms with Gasteiger partial charge in [-0.05, 0) is 44.0 Å². The summed E-state index contributed by atoms with van der Waals surface area (Å²) < 4.78 is 6.51. The Hall–Kier alpha value is -1.66. The lowest BCUT2D eigenvalue weighted by Crippen LogP contribution is -2.40. The molecule has 2 rings (SSSR count). The molecule has 1 aliphatic heterocycles. The number of nitrogens with zero attached hydrogens (tertiary/aromatic N) is 2. The van der Waals surface area contributed by atoms with Crippen molar-refractivity contribution in [3.63, 3.8) is 0 Å². The van der Waals surface area contributed by atoms with Gasteiger partial charge in [-0.25, -0.2) is 0 Å². The Morgan fingerprint density at radius 1 is 1.41 bits per heavy atom. The average molecular weight is 307 g/mol. The van der Waals surface area contributed by atoms with E-state index < -0.39 is 0 Å². The van der Waals surface area contributed by atoms with E-state index in [1.54, 1.807) is 32.5 Å². The number of likely N-dealkylation sites (tertiary alicyclic amines) is 1. The first-order valence-corrected chi connectivity index (χ1v) is 7.77. The summed E-state index contributed by atoms with van der Waals surface area (Å²) in [6, 6.07) is 3.29. The van der Waals surface area contributed by atoms with Crippen LogP contribution in [0.3, 0.4) is 0 Å². The first-order chi connectivity index (χ1) is 10.6. The number of pyridine rings is 1. The fraction of sp³-hybridized carbons (Fsp3) is 0.625. The van der Waals surface area contributed by atoms with E-state index in [9.17, 15) is 9.59 Å². The van der Waals surface area contributed by atoms with E-state index in [-0.39, 0.29) is 17.0 Å². The van der Waals surface area contributed by atoms with Crippen LogP contribution in [0.1, 0.15) is 23.2 Å². The molecule has 0 saturated carbocycles. The van der Waals surface area contributed by atoms with Gasteiger partial charge in [0, 0.05) is 33.4 Å². The Balaban J connectivity index is 1.78. The largest absolute Gasteiger partial charge is 0.383 e. The van der Waals surface area contributed by atoms with Crippen LogP contribution in [0.4, 0.5) is 0 Å². The third-order valence-electron chi connectivity index (χ3n) is 4.24. The summed E-state index contributed by atoms with van der Waals surface area (Å²) in [5.41, 5.74) is -0.0445. The number of piperidine rings is 1. The van der Waals surface area contributed by atoms with Crippen molar-refractivity contribution in [3.05, 3.63) is 34.2 Å². The molecule has 2 heterocycles. The van der Waals surface area contributed by atoms with Crippen molar-refractivity contribution in [1.82, 2.24) is 14.8 Å². The summed E-state index contributed by atoms with van der Waals surface area (Å²) in [4.78, 5) is 26.4. The molecular formula is C16H25N3O3. The van der Waals surface area contributed by atoms with E-state index in [1.165, 1.54) is 4.57 Å². The average Bonchev–Trinajstić information content (AvgIpc) is 2.54. The molecule has 0 unspecified atom stereocenters. The minimum absolute atomic E-state index is 0.211. The molecule has 6 nitrogen and oxygen atoms in total. The zero-order valence-electron chi connectivity index (χ0n) is 13.4. The van der Waals surface area contributed by atoms with Gasteiger partial charge in [0.15, 0.2) is 0 Å². The van der Waals surface area contributed by atoms with Crippen LogP contribution in [0.5, 0.6) is 0 Å². The Bertz CT molecular complexity index is 548. The molecule has 1 amide bonds. The van der Waals surface area contributed by atoms with Gasteiger partial charge in [0.2, 0.25) is 0 Å². The number of amides is 1. The number of aromatic nitrogens is 1. The van der Waals surface area contributed by atoms with Gasteiger partial charge in [0.1, 0.15) is 5.56 Å². The number of nitrogens with one attached hydrogen (secondary N) is 1. The van der Waals surface area contributed by atoms with Crippen LogP contribution < -0.4 is 10.9 Å². The SMILES string of the molecule is COCCN1CCC(CNC(=O)c2cccn(C)c2=O)CC1. The van der Waals surface area contributed by atoms with Gasteiger partial charge >= 0.3 is 0 Å². The lowest BCUT2D eigenvalue weighted by atomic mass is 9.96. The van der Waals surface area contributed by atoms with Crippen LogP contribution in [0.25, 0.3) is 0 Å². The van der Waals surface area contributed by atoms with Crippen molar-refractivity contribution in [2.75, 3.05) is 39.9 Å². The van der Waals surface area contributed by atoms with E-state index >= 15 is 0 Å². The summed E-state index contributed by atoms with van der Waals surface area (Å²) in [5.74, 6) is 0.207. The Morgan fingerprint density at radius 3 is 2.82 bits per heavy atom. The van der Waals surface area contributed by atoms with Crippen molar-refractivity contribution >= 4 is 5.91 Å². The Morgan fingerprint density at radius 2 is 2.14 bits per heavy atom. The number of carbonyl (C=O) groups excluding carboxylic acids is 1. The summed E-state index contributed by atoms with van der Waals surface area (Å²) in [5, 5.41) is 2.90. The van der Waals surface area contributed by atoms with E-state index in [4.69, 9.17) is 4.74 Å². The molecule has 6 heteroatoms. The summed E-state index contributed by atoms with van der Waals surface area (Å²) >= 11 is 0. The van der Waals surface area contributed by atoms with Crippen molar-refractivity contribution in [3.8, 4) is 0 Å². The maximum absolute atomic E-state index is 12.1. The molecule has 0 aromatic carbocycles. The van der Waals surface area contributed by atoms with Gasteiger partial charge in [-0.3, -0.25) is 9.59 Å². The predicted octanol–water partition coefficient (Wildman–Crippen LogP) is 0.473. The van der Waals surface area contributed by atoms with Crippen molar-refractivity contribution in [2.24, 2.45) is 13.0 Å². The molecule has 0 radical (unpaired) electrons. The number of aryl methyl sites for hydroxylation is 1. The lowest BCUT2D eigenvalue weighted by Gasteiger charge is -2.31. The highest BCUT2D eigenvalue weighted by Gasteiger charge is 2.20. The van der Waals surface area contributed by atoms with E-state index in [0.29, 0.717) is 12.5 Å². The molecule has 22 heavy (non-hydrogen) atoms. The minimum Gasteiger partial charge on any atom is -0.383 e. The number of carbonyl (C=O) groups is 1. The highest BCUT2D eigenvalue weighted by Crippen LogP contribution is 2.16. The van der Waals surface area contributed by atoms with Gasteiger partial charge in [0.25, 0.3) is 11.5 Å². The van der Waals surface area contributed by atoms with Crippen molar-refractivity contribution < 1.29 is 9.53 Å². The van der Waals surface area contributed by atoms with Gasteiger partial charge < -0.3 is 19.5 Å². The van der Waals surface area contributed by atoms with Gasteiger partial charge in [0.05, 0.1) is 6.61 Å². The molecule has 0 atom stereocenters. The third-order valence-corrected chi connectivity index (χ3v) is 4.24. The van der Waals surface area contributed by atoms with Crippen LogP contribution in [0.15, 0.2) is 23.1 Å². The molecular weight excluding hydrogens is 282 g/mol.